The Morgan fingerprint density at radius 3 is 2.40 bits per heavy atom. The fourth-order valence-corrected chi connectivity index (χ4v) is 4.04. The van der Waals surface area contributed by atoms with E-state index in [4.69, 9.17) is 0 Å². The fraction of sp³-hybridized carbons (Fsp3) is 0.476. The number of hydrogen-bond donors (Lipinski definition) is 0. The molecule has 2 heterocycles. The zero-order valence-corrected chi connectivity index (χ0v) is 14.7. The molecule has 1 saturated carbocycles. The number of aromatic nitrogens is 1. The second kappa shape index (κ2) is 7.22. The monoisotopic (exact) mass is 339 g/mol. The van der Waals surface area contributed by atoms with E-state index in [1.54, 1.807) is 12.3 Å². The van der Waals surface area contributed by atoms with E-state index in [9.17, 15) is 4.39 Å². The first-order valence-corrected chi connectivity index (χ1v) is 9.36. The average Bonchev–Trinajstić information content (AvgIpc) is 3.44. The van der Waals surface area contributed by atoms with Crippen molar-refractivity contribution in [3.05, 3.63) is 65.7 Å². The summed E-state index contributed by atoms with van der Waals surface area (Å²) in [5, 5.41) is 0. The summed E-state index contributed by atoms with van der Waals surface area (Å²) in [5.74, 6) is -0.161. The van der Waals surface area contributed by atoms with Crippen LogP contribution in [0.4, 0.5) is 4.39 Å². The molecule has 0 spiro atoms. The summed E-state index contributed by atoms with van der Waals surface area (Å²) in [6.07, 6.45) is 5.97. The lowest BCUT2D eigenvalue weighted by Gasteiger charge is -2.40. The van der Waals surface area contributed by atoms with Gasteiger partial charge in [0.2, 0.25) is 0 Å². The van der Waals surface area contributed by atoms with Gasteiger partial charge in [0.05, 0.1) is 5.69 Å². The van der Waals surface area contributed by atoms with E-state index in [-0.39, 0.29) is 5.82 Å². The van der Waals surface area contributed by atoms with Crippen molar-refractivity contribution < 1.29 is 4.39 Å². The van der Waals surface area contributed by atoms with E-state index >= 15 is 0 Å². The molecule has 0 N–H and O–H groups in total. The normalized spacial score (nSPS) is 20.5. The van der Waals surface area contributed by atoms with Gasteiger partial charge < -0.3 is 0 Å². The van der Waals surface area contributed by atoms with Crippen LogP contribution >= 0.6 is 0 Å². The quantitative estimate of drug-likeness (QED) is 0.803. The molecule has 0 radical (unpaired) electrons. The van der Waals surface area contributed by atoms with Crippen LogP contribution in [0.2, 0.25) is 0 Å². The highest BCUT2D eigenvalue weighted by Gasteiger charge is 2.47. The molecular weight excluding hydrogens is 313 g/mol. The van der Waals surface area contributed by atoms with Crippen LogP contribution in [-0.2, 0) is 13.0 Å². The van der Waals surface area contributed by atoms with Gasteiger partial charge in [0, 0.05) is 44.5 Å². The Hall–Kier alpha value is -1.78. The van der Waals surface area contributed by atoms with Gasteiger partial charge in [-0.1, -0.05) is 30.3 Å². The Morgan fingerprint density at radius 2 is 1.72 bits per heavy atom. The molecule has 4 heteroatoms. The number of halogens is 1. The van der Waals surface area contributed by atoms with E-state index in [1.807, 2.05) is 0 Å². The molecule has 2 aliphatic rings. The molecule has 4 rings (SSSR count). The first kappa shape index (κ1) is 16.7. The van der Waals surface area contributed by atoms with Gasteiger partial charge in [-0.25, -0.2) is 4.39 Å². The van der Waals surface area contributed by atoms with Gasteiger partial charge >= 0.3 is 0 Å². The molecule has 1 aliphatic carbocycles. The van der Waals surface area contributed by atoms with Crippen LogP contribution in [0.3, 0.4) is 0 Å². The summed E-state index contributed by atoms with van der Waals surface area (Å²) in [6.45, 7) is 5.53. The Balaban J connectivity index is 1.29. The van der Waals surface area contributed by atoms with Gasteiger partial charge in [0.25, 0.3) is 0 Å². The molecule has 1 aromatic carbocycles. The third kappa shape index (κ3) is 3.91. The van der Waals surface area contributed by atoms with Gasteiger partial charge in [0.1, 0.15) is 5.82 Å². The number of rotatable bonds is 6. The zero-order valence-electron chi connectivity index (χ0n) is 14.7. The molecule has 2 fully saturated rings. The topological polar surface area (TPSA) is 19.4 Å². The van der Waals surface area contributed by atoms with E-state index in [1.165, 1.54) is 24.5 Å². The van der Waals surface area contributed by atoms with Gasteiger partial charge in [-0.2, -0.15) is 0 Å². The number of hydrogen-bond acceptors (Lipinski definition) is 3. The summed E-state index contributed by atoms with van der Waals surface area (Å²) < 4.78 is 13.8. The van der Waals surface area contributed by atoms with E-state index in [2.05, 4.69) is 45.1 Å². The molecule has 0 amide bonds. The molecule has 1 aromatic heterocycles. The van der Waals surface area contributed by atoms with Crippen molar-refractivity contribution in [2.24, 2.45) is 0 Å². The number of aryl methyl sites for hydroxylation is 1. The van der Waals surface area contributed by atoms with Crippen molar-refractivity contribution in [2.75, 3.05) is 26.2 Å². The van der Waals surface area contributed by atoms with Crippen molar-refractivity contribution >= 4 is 0 Å². The number of piperazine rings is 1. The van der Waals surface area contributed by atoms with Crippen molar-refractivity contribution in [3.8, 4) is 0 Å². The minimum absolute atomic E-state index is 0.161. The number of benzene rings is 1. The Labute approximate surface area is 149 Å². The highest BCUT2D eigenvalue weighted by molar-refractivity contribution is 5.15. The van der Waals surface area contributed by atoms with Crippen LogP contribution in [0.5, 0.6) is 0 Å². The molecule has 0 atom stereocenters. The van der Waals surface area contributed by atoms with Crippen molar-refractivity contribution in [1.82, 2.24) is 14.8 Å². The zero-order chi connectivity index (χ0) is 17.1. The van der Waals surface area contributed by atoms with Crippen LogP contribution in [0.1, 0.15) is 30.5 Å². The third-order valence-corrected chi connectivity index (χ3v) is 5.78. The van der Waals surface area contributed by atoms with E-state index < -0.39 is 0 Å². The highest BCUT2D eigenvalue weighted by atomic mass is 19.1. The molecule has 1 aliphatic heterocycles. The maximum atomic E-state index is 13.8. The molecule has 0 bridgehead atoms. The molecule has 2 aromatic rings. The third-order valence-electron chi connectivity index (χ3n) is 5.78. The van der Waals surface area contributed by atoms with Gasteiger partial charge in [0.15, 0.2) is 0 Å². The summed E-state index contributed by atoms with van der Waals surface area (Å²) in [7, 11) is 0. The molecule has 3 nitrogen and oxygen atoms in total. The van der Waals surface area contributed by atoms with E-state index in [0.717, 1.165) is 45.6 Å². The van der Waals surface area contributed by atoms with Gasteiger partial charge in [-0.05, 0) is 43.4 Å². The summed E-state index contributed by atoms with van der Waals surface area (Å²) in [4.78, 5) is 9.40. The lowest BCUT2D eigenvalue weighted by molar-refractivity contribution is 0.0766. The largest absolute Gasteiger partial charge is 0.297 e. The second-order valence-corrected chi connectivity index (χ2v) is 7.41. The molecule has 1 saturated heterocycles. The highest BCUT2D eigenvalue weighted by Crippen LogP contribution is 2.45. The van der Waals surface area contributed by atoms with Gasteiger partial charge in [-0.15, -0.1) is 0 Å². The lowest BCUT2D eigenvalue weighted by Crippen LogP contribution is -2.51. The van der Waals surface area contributed by atoms with E-state index in [0.29, 0.717) is 11.2 Å². The first-order chi connectivity index (χ1) is 12.3. The van der Waals surface area contributed by atoms with Gasteiger partial charge in [-0.3, -0.25) is 14.8 Å². The fourth-order valence-electron chi connectivity index (χ4n) is 4.04. The molecular formula is C21H26FN3. The maximum Gasteiger partial charge on any atom is 0.144 e. The molecule has 0 unspecified atom stereocenters. The maximum absolute atomic E-state index is 13.8. The van der Waals surface area contributed by atoms with Crippen LogP contribution in [-0.4, -0.2) is 46.5 Å². The minimum Gasteiger partial charge on any atom is -0.297 e. The summed E-state index contributed by atoms with van der Waals surface area (Å²) >= 11 is 0. The summed E-state index contributed by atoms with van der Waals surface area (Å²) in [6, 6.07) is 13.9. The van der Waals surface area contributed by atoms with Crippen LogP contribution in [0.25, 0.3) is 0 Å². The predicted molar refractivity (Wildman–Crippen MR) is 97.8 cm³/mol. The Kier molecular flexibility index (Phi) is 4.82. The SMILES string of the molecule is Fc1cccnc1CCC1(N2CCN(Cc3ccccc3)CC2)CC1. The smallest absolute Gasteiger partial charge is 0.144 e. The Bertz CT molecular complexity index is 691. The minimum atomic E-state index is -0.161. The van der Waals surface area contributed by atoms with Crippen LogP contribution in [0.15, 0.2) is 48.7 Å². The summed E-state index contributed by atoms with van der Waals surface area (Å²) in [5.41, 5.74) is 2.32. The predicted octanol–water partition coefficient (Wildman–Crippen LogP) is 3.50. The van der Waals surface area contributed by atoms with Crippen molar-refractivity contribution in [2.45, 2.75) is 37.8 Å². The lowest BCUT2D eigenvalue weighted by atomic mass is 10.0. The standard InChI is InChI=1S/C21H26FN3/c22-19-7-4-12-23-20(19)8-9-21(10-11-21)25-15-13-24(14-16-25)17-18-5-2-1-3-6-18/h1-7,12H,8-11,13-17H2. The first-order valence-electron chi connectivity index (χ1n) is 9.36. The Morgan fingerprint density at radius 1 is 0.960 bits per heavy atom. The average molecular weight is 339 g/mol. The van der Waals surface area contributed by atoms with Crippen LogP contribution < -0.4 is 0 Å². The van der Waals surface area contributed by atoms with Crippen molar-refractivity contribution in [3.63, 3.8) is 0 Å². The van der Waals surface area contributed by atoms with Crippen LogP contribution in [0, 0.1) is 5.82 Å². The second-order valence-electron chi connectivity index (χ2n) is 7.41. The molecule has 25 heavy (non-hydrogen) atoms. The molecule has 132 valence electrons. The number of nitrogens with zero attached hydrogens (tertiary/aromatic N) is 3. The number of pyridine rings is 1. The van der Waals surface area contributed by atoms with Crippen molar-refractivity contribution in [1.29, 1.82) is 0 Å².